The molecular weight excluding hydrogens is 372 g/mol. The Balaban J connectivity index is 0.000000238. The molecule has 0 spiro atoms. The van der Waals surface area contributed by atoms with Crippen molar-refractivity contribution in [2.75, 3.05) is 0 Å². The third-order valence-electron chi connectivity index (χ3n) is 2.55. The van der Waals surface area contributed by atoms with Crippen LogP contribution in [0.4, 0.5) is 52.7 Å². The quantitative estimate of drug-likeness (QED) is 0.485. The van der Waals surface area contributed by atoms with Gasteiger partial charge in [-0.1, -0.05) is 0 Å². The molecule has 0 radical (unpaired) electrons. The zero-order valence-electron chi connectivity index (χ0n) is 9.76. The van der Waals surface area contributed by atoms with Crippen molar-refractivity contribution < 1.29 is 67.0 Å². The summed E-state index contributed by atoms with van der Waals surface area (Å²) in [5.74, 6) is -26.6. The van der Waals surface area contributed by atoms with Gasteiger partial charge in [-0.15, -0.1) is 0 Å². The van der Waals surface area contributed by atoms with Gasteiger partial charge in [0.25, 0.3) is 11.6 Å². The van der Waals surface area contributed by atoms with Crippen LogP contribution in [0.25, 0.3) is 0 Å². The predicted molar refractivity (Wildman–Crippen MR) is 40.8 cm³/mol. The van der Waals surface area contributed by atoms with Crippen molar-refractivity contribution in [3.8, 4) is 0 Å². The molecule has 2 rings (SSSR count). The van der Waals surface area contributed by atoms with Crippen LogP contribution in [0.3, 0.4) is 0 Å². The van der Waals surface area contributed by atoms with Gasteiger partial charge >= 0.3 is 35.9 Å². The van der Waals surface area contributed by atoms with Crippen molar-refractivity contribution in [3.05, 3.63) is 0 Å². The number of ketones is 2. The van der Waals surface area contributed by atoms with Gasteiger partial charge in [0.05, 0.1) is 0 Å². The lowest BCUT2D eigenvalue weighted by molar-refractivity contribution is -0.365. The van der Waals surface area contributed by atoms with Crippen LogP contribution in [-0.4, -0.2) is 47.5 Å². The molecule has 15 heteroatoms. The van der Waals surface area contributed by atoms with Crippen LogP contribution < -0.4 is 0 Å². The Morgan fingerprint density at radius 1 is 0.522 bits per heavy atom. The lowest BCUT2D eigenvalue weighted by atomic mass is 9.86. The van der Waals surface area contributed by atoms with Crippen molar-refractivity contribution in [3.63, 3.8) is 0 Å². The third-order valence-corrected chi connectivity index (χ3v) is 2.55. The van der Waals surface area contributed by atoms with Gasteiger partial charge in [0, 0.05) is 0 Å². The number of carbonyl (C=O) groups is 2. The van der Waals surface area contributed by atoms with Crippen LogP contribution in [0.15, 0.2) is 0 Å². The lowest BCUT2D eigenvalue weighted by Gasteiger charge is -2.31. The summed E-state index contributed by atoms with van der Waals surface area (Å²) in [5, 5.41) is 0. The highest BCUT2D eigenvalue weighted by atomic mass is 19.4. The Kier molecular flexibility index (Phi) is 3.82. The van der Waals surface area contributed by atoms with Crippen LogP contribution in [0.5, 0.6) is 0 Å². The smallest absolute Gasteiger partial charge is 0.283 e. The maximum atomic E-state index is 11.9. The molecule has 23 heavy (non-hydrogen) atoms. The summed E-state index contributed by atoms with van der Waals surface area (Å²) >= 11 is 0. The maximum absolute atomic E-state index is 11.9. The van der Waals surface area contributed by atoms with Gasteiger partial charge in [0.15, 0.2) is 0 Å². The van der Waals surface area contributed by atoms with Crippen LogP contribution in [0.2, 0.25) is 0 Å². The molecule has 0 N–H and O–H groups in total. The summed E-state index contributed by atoms with van der Waals surface area (Å²) in [6, 6.07) is 0. The van der Waals surface area contributed by atoms with Crippen LogP contribution in [0, 0.1) is 0 Å². The molecule has 1 aliphatic heterocycles. The van der Waals surface area contributed by atoms with Gasteiger partial charge in [-0.2, -0.15) is 52.7 Å². The molecule has 134 valence electrons. The Hall–Kier alpha value is -1.54. The summed E-state index contributed by atoms with van der Waals surface area (Å²) in [7, 11) is 0. The summed E-state index contributed by atoms with van der Waals surface area (Å²) in [6.45, 7) is 0. The zero-order valence-corrected chi connectivity index (χ0v) is 9.76. The van der Waals surface area contributed by atoms with Crippen molar-refractivity contribution >= 4 is 11.6 Å². The average molecular weight is 372 g/mol. The normalized spacial score (nSPS) is 31.0. The highest BCUT2D eigenvalue weighted by molar-refractivity contribution is 6.50. The van der Waals surface area contributed by atoms with E-state index >= 15 is 0 Å². The van der Waals surface area contributed by atoms with E-state index in [2.05, 4.69) is 0 Å². The van der Waals surface area contributed by atoms with Crippen LogP contribution in [-0.2, 0) is 14.3 Å². The molecule has 0 aromatic rings. The first-order chi connectivity index (χ1) is 9.77. The first-order valence-electron chi connectivity index (χ1n) is 4.83. The summed E-state index contributed by atoms with van der Waals surface area (Å²) in [4.78, 5) is 19.4. The summed E-state index contributed by atoms with van der Waals surface area (Å²) in [5.41, 5.74) is 0. The number of ether oxygens (including phenoxy) is 1. The van der Waals surface area contributed by atoms with Gasteiger partial charge in [0.1, 0.15) is 0 Å². The van der Waals surface area contributed by atoms with E-state index in [0.717, 1.165) is 0 Å². The van der Waals surface area contributed by atoms with Gasteiger partial charge < -0.3 is 0 Å². The van der Waals surface area contributed by atoms with Crippen LogP contribution >= 0.6 is 0 Å². The van der Waals surface area contributed by atoms with Gasteiger partial charge in [-0.05, 0) is 0 Å². The van der Waals surface area contributed by atoms with Gasteiger partial charge in [-0.3, -0.25) is 9.59 Å². The topological polar surface area (TPSA) is 43.4 Å². The van der Waals surface area contributed by atoms with Crippen molar-refractivity contribution in [2.24, 2.45) is 0 Å². The monoisotopic (exact) mass is 372 g/mol. The molecule has 3 nitrogen and oxygen atoms in total. The van der Waals surface area contributed by atoms with E-state index < -0.39 is 47.5 Å². The van der Waals surface area contributed by atoms with Crippen molar-refractivity contribution in [1.82, 2.24) is 0 Å². The van der Waals surface area contributed by atoms with E-state index in [4.69, 9.17) is 0 Å². The number of halogens is 12. The third kappa shape index (κ3) is 2.19. The minimum Gasteiger partial charge on any atom is -0.283 e. The fourth-order valence-corrected chi connectivity index (χ4v) is 1.16. The molecular formula is C8F12O3. The highest BCUT2D eigenvalue weighted by Crippen LogP contribution is 2.61. The number of rotatable bonds is 0. The molecule has 1 saturated carbocycles. The van der Waals surface area contributed by atoms with Gasteiger partial charge in [0.2, 0.25) is 0 Å². The second kappa shape index (κ2) is 4.51. The van der Waals surface area contributed by atoms with E-state index in [-0.39, 0.29) is 0 Å². The molecule has 0 amide bonds. The predicted octanol–water partition coefficient (Wildman–Crippen LogP) is 2.88. The minimum atomic E-state index is -6.22. The molecule has 1 heterocycles. The Morgan fingerprint density at radius 3 is 0.826 bits per heavy atom. The SMILES string of the molecule is FC1(F)OC(F)(F)C(F)(F)C1(F)F.O=C1C(=O)C(F)(F)C1(F)F. The largest absolute Gasteiger partial charge is 0.430 e. The van der Waals surface area contributed by atoms with E-state index in [1.807, 2.05) is 4.74 Å². The number of hydrogen-bond acceptors (Lipinski definition) is 3. The fraction of sp³-hybridized carbons (Fsp3) is 0.750. The zero-order chi connectivity index (χ0) is 18.9. The molecule has 2 aliphatic rings. The molecule has 0 aromatic carbocycles. The second-order valence-electron chi connectivity index (χ2n) is 4.09. The first-order valence-corrected chi connectivity index (χ1v) is 4.83. The maximum Gasteiger partial charge on any atom is 0.430 e. The molecule has 0 aromatic heterocycles. The van der Waals surface area contributed by atoms with E-state index in [0.29, 0.717) is 0 Å². The highest BCUT2D eigenvalue weighted by Gasteiger charge is 2.91. The van der Waals surface area contributed by atoms with Crippen LogP contribution in [0.1, 0.15) is 0 Å². The average Bonchev–Trinajstić information content (AvgIpc) is 2.42. The standard InChI is InChI=1S/C4F8O.C4F4O2/c5-1(6)2(7,8)4(11,12)13-3(1,9)10;5-3(6)1(9)2(10)4(3,7)8. The number of alkyl halides is 12. The fourth-order valence-electron chi connectivity index (χ4n) is 1.16. The molecule has 0 bridgehead atoms. The van der Waals surface area contributed by atoms with Crippen molar-refractivity contribution in [1.29, 1.82) is 0 Å². The number of hydrogen-bond donors (Lipinski definition) is 0. The summed E-state index contributed by atoms with van der Waals surface area (Å²) < 4.78 is 143. The number of Topliss-reactive ketones (excluding diaryl/α,β-unsaturated/α-hetero) is 2. The van der Waals surface area contributed by atoms with Gasteiger partial charge in [-0.25, -0.2) is 4.74 Å². The summed E-state index contributed by atoms with van der Waals surface area (Å²) in [6.07, 6.45) is -11.8. The lowest BCUT2D eigenvalue weighted by Crippen LogP contribution is -2.68. The molecule has 1 saturated heterocycles. The Bertz CT molecular complexity index is 503. The Morgan fingerprint density at radius 2 is 0.739 bits per heavy atom. The first kappa shape index (κ1) is 19.5. The molecule has 0 unspecified atom stereocenters. The molecule has 1 aliphatic carbocycles. The molecule has 2 fully saturated rings. The number of carbonyl (C=O) groups excluding carboxylic acids is 2. The minimum absolute atomic E-state index is 2.00. The van der Waals surface area contributed by atoms with E-state index in [9.17, 15) is 62.3 Å². The Labute approximate surface area is 116 Å². The van der Waals surface area contributed by atoms with E-state index in [1.165, 1.54) is 0 Å². The second-order valence-corrected chi connectivity index (χ2v) is 4.09. The molecule has 0 atom stereocenters. The van der Waals surface area contributed by atoms with E-state index in [1.54, 1.807) is 0 Å². The van der Waals surface area contributed by atoms with Crippen molar-refractivity contribution in [2.45, 2.75) is 35.9 Å².